The zero-order chi connectivity index (χ0) is 11.8. The molecule has 1 heterocycles. The minimum absolute atomic E-state index is 0.252. The molecule has 0 radical (unpaired) electrons. The van der Waals surface area contributed by atoms with Crippen LogP contribution in [-0.4, -0.2) is 4.98 Å². The number of nitrogens with two attached hydrogens (primary N) is 1. The summed E-state index contributed by atoms with van der Waals surface area (Å²) in [5.41, 5.74) is 8.46. The lowest BCUT2D eigenvalue weighted by molar-refractivity contribution is 0.411. The smallest absolute Gasteiger partial charge is 0.114 e. The lowest BCUT2D eigenvalue weighted by Gasteiger charge is -2.23. The summed E-state index contributed by atoms with van der Waals surface area (Å²) in [5, 5.41) is 1.07. The molecule has 16 heavy (non-hydrogen) atoms. The van der Waals surface area contributed by atoms with Crippen molar-refractivity contribution in [3.05, 3.63) is 28.8 Å². The van der Waals surface area contributed by atoms with E-state index in [0.29, 0.717) is 0 Å². The molecule has 2 rings (SSSR count). The summed E-state index contributed by atoms with van der Waals surface area (Å²) in [5.74, 6) is 0. The third kappa shape index (κ3) is 1.85. The maximum Gasteiger partial charge on any atom is 0.114 e. The van der Waals surface area contributed by atoms with Crippen molar-refractivity contribution in [1.82, 2.24) is 4.98 Å². The van der Waals surface area contributed by atoms with Gasteiger partial charge >= 0.3 is 0 Å². The standard InChI is InChI=1S/C13H18N2S/c1-4-13(14,5-2)12-15-10-7-6-9(3)8-11(10)16-12/h6-8H,4-5,14H2,1-3H3. The average Bonchev–Trinajstić information content (AvgIpc) is 2.71. The molecule has 2 N–H and O–H groups in total. The van der Waals surface area contributed by atoms with Gasteiger partial charge in [-0.15, -0.1) is 11.3 Å². The van der Waals surface area contributed by atoms with E-state index in [-0.39, 0.29) is 5.54 Å². The zero-order valence-corrected chi connectivity index (χ0v) is 10.9. The zero-order valence-electron chi connectivity index (χ0n) is 10.1. The van der Waals surface area contributed by atoms with Gasteiger partial charge in [0.15, 0.2) is 0 Å². The van der Waals surface area contributed by atoms with Gasteiger partial charge in [0.05, 0.1) is 15.8 Å². The highest BCUT2D eigenvalue weighted by Crippen LogP contribution is 2.33. The van der Waals surface area contributed by atoms with Crippen LogP contribution in [0.1, 0.15) is 37.3 Å². The monoisotopic (exact) mass is 234 g/mol. The number of benzene rings is 1. The first-order valence-corrected chi connectivity index (χ1v) is 6.57. The van der Waals surface area contributed by atoms with Crippen LogP contribution in [0.3, 0.4) is 0 Å². The highest BCUT2D eigenvalue weighted by atomic mass is 32.1. The second-order valence-corrected chi connectivity index (χ2v) is 5.38. The Labute approximate surface area is 101 Å². The molecular weight excluding hydrogens is 216 g/mol. The molecule has 1 aromatic heterocycles. The van der Waals surface area contributed by atoms with Crippen LogP contribution in [0.2, 0.25) is 0 Å². The Bertz CT molecular complexity index is 498. The van der Waals surface area contributed by atoms with Crippen LogP contribution in [0.25, 0.3) is 10.2 Å². The van der Waals surface area contributed by atoms with Crippen LogP contribution in [-0.2, 0) is 5.54 Å². The van der Waals surface area contributed by atoms with Crippen LogP contribution in [0.5, 0.6) is 0 Å². The Morgan fingerprint density at radius 3 is 2.62 bits per heavy atom. The Morgan fingerprint density at radius 2 is 2.00 bits per heavy atom. The van der Waals surface area contributed by atoms with Crippen molar-refractivity contribution in [2.75, 3.05) is 0 Å². The van der Waals surface area contributed by atoms with E-state index < -0.39 is 0 Å². The van der Waals surface area contributed by atoms with Crippen molar-refractivity contribution in [3.8, 4) is 0 Å². The summed E-state index contributed by atoms with van der Waals surface area (Å²) in [6.07, 6.45) is 1.87. The molecule has 0 atom stereocenters. The van der Waals surface area contributed by atoms with Gasteiger partial charge in [-0.25, -0.2) is 4.98 Å². The second kappa shape index (κ2) is 4.15. The van der Waals surface area contributed by atoms with E-state index in [9.17, 15) is 0 Å². The highest BCUT2D eigenvalue weighted by Gasteiger charge is 2.26. The fourth-order valence-electron chi connectivity index (χ4n) is 1.80. The van der Waals surface area contributed by atoms with Crippen molar-refractivity contribution in [1.29, 1.82) is 0 Å². The molecule has 2 nitrogen and oxygen atoms in total. The average molecular weight is 234 g/mol. The largest absolute Gasteiger partial charge is 0.319 e. The minimum atomic E-state index is -0.252. The van der Waals surface area contributed by atoms with Crippen LogP contribution >= 0.6 is 11.3 Å². The summed E-state index contributed by atoms with van der Waals surface area (Å²) >= 11 is 1.73. The van der Waals surface area contributed by atoms with Gasteiger partial charge < -0.3 is 5.73 Å². The van der Waals surface area contributed by atoms with Crippen molar-refractivity contribution < 1.29 is 0 Å². The van der Waals surface area contributed by atoms with Gasteiger partial charge in [-0.2, -0.15) is 0 Å². The lowest BCUT2D eigenvalue weighted by Crippen LogP contribution is -2.34. The predicted molar refractivity (Wildman–Crippen MR) is 70.8 cm³/mol. The first-order chi connectivity index (χ1) is 7.59. The van der Waals surface area contributed by atoms with Gasteiger partial charge in [-0.05, 0) is 37.5 Å². The number of thiazole rings is 1. The van der Waals surface area contributed by atoms with E-state index in [2.05, 4.69) is 44.0 Å². The summed E-state index contributed by atoms with van der Waals surface area (Å²) < 4.78 is 1.24. The molecule has 86 valence electrons. The van der Waals surface area contributed by atoms with E-state index in [1.807, 2.05) is 0 Å². The molecule has 0 saturated heterocycles. The molecule has 0 amide bonds. The van der Waals surface area contributed by atoms with Crippen molar-refractivity contribution in [2.45, 2.75) is 39.2 Å². The molecule has 0 spiro atoms. The number of nitrogens with zero attached hydrogens (tertiary/aromatic N) is 1. The van der Waals surface area contributed by atoms with Gasteiger partial charge in [-0.1, -0.05) is 19.9 Å². The second-order valence-electron chi connectivity index (χ2n) is 4.35. The topological polar surface area (TPSA) is 38.9 Å². The third-order valence-corrected chi connectivity index (χ3v) is 4.47. The van der Waals surface area contributed by atoms with Crippen molar-refractivity contribution >= 4 is 21.6 Å². The van der Waals surface area contributed by atoms with E-state index in [4.69, 9.17) is 5.73 Å². The lowest BCUT2D eigenvalue weighted by atomic mass is 9.95. The summed E-state index contributed by atoms with van der Waals surface area (Å²) in [4.78, 5) is 4.66. The van der Waals surface area contributed by atoms with Crippen LogP contribution in [0.4, 0.5) is 0 Å². The first kappa shape index (κ1) is 11.6. The van der Waals surface area contributed by atoms with Gasteiger partial charge in [0, 0.05) is 0 Å². The maximum absolute atomic E-state index is 6.37. The molecule has 3 heteroatoms. The predicted octanol–water partition coefficient (Wildman–Crippen LogP) is 3.58. The molecule has 0 saturated carbocycles. The van der Waals surface area contributed by atoms with Gasteiger partial charge in [0.25, 0.3) is 0 Å². The van der Waals surface area contributed by atoms with Crippen molar-refractivity contribution in [3.63, 3.8) is 0 Å². The molecule has 0 bridgehead atoms. The van der Waals surface area contributed by atoms with E-state index >= 15 is 0 Å². The molecular formula is C13H18N2S. The fraction of sp³-hybridized carbons (Fsp3) is 0.462. The van der Waals surface area contributed by atoms with Crippen LogP contribution in [0, 0.1) is 6.92 Å². The fourth-order valence-corrected chi connectivity index (χ4v) is 3.10. The van der Waals surface area contributed by atoms with E-state index in [1.54, 1.807) is 11.3 Å². The molecule has 0 unspecified atom stereocenters. The minimum Gasteiger partial charge on any atom is -0.319 e. The highest BCUT2D eigenvalue weighted by molar-refractivity contribution is 7.18. The van der Waals surface area contributed by atoms with E-state index in [1.165, 1.54) is 10.3 Å². The van der Waals surface area contributed by atoms with Crippen molar-refractivity contribution in [2.24, 2.45) is 5.73 Å². The van der Waals surface area contributed by atoms with Gasteiger partial charge in [0.1, 0.15) is 5.01 Å². The Hall–Kier alpha value is -0.930. The summed E-state index contributed by atoms with van der Waals surface area (Å²) in [6.45, 7) is 6.36. The Balaban J connectivity index is 2.54. The maximum atomic E-state index is 6.37. The quantitative estimate of drug-likeness (QED) is 0.881. The van der Waals surface area contributed by atoms with Crippen LogP contribution in [0.15, 0.2) is 18.2 Å². The number of hydrogen-bond donors (Lipinski definition) is 1. The number of aryl methyl sites for hydroxylation is 1. The molecule has 2 aromatic rings. The third-order valence-electron chi connectivity index (χ3n) is 3.23. The molecule has 0 aliphatic heterocycles. The number of aromatic nitrogens is 1. The summed E-state index contributed by atoms with van der Waals surface area (Å²) in [7, 11) is 0. The number of fused-ring (bicyclic) bond motifs is 1. The molecule has 0 aliphatic rings. The van der Waals surface area contributed by atoms with Gasteiger partial charge in [-0.3, -0.25) is 0 Å². The molecule has 0 fully saturated rings. The SMILES string of the molecule is CCC(N)(CC)c1nc2ccc(C)cc2s1. The first-order valence-electron chi connectivity index (χ1n) is 5.75. The molecule has 1 aromatic carbocycles. The number of hydrogen-bond acceptors (Lipinski definition) is 3. The molecule has 0 aliphatic carbocycles. The van der Waals surface area contributed by atoms with E-state index in [0.717, 1.165) is 23.4 Å². The van der Waals surface area contributed by atoms with Gasteiger partial charge in [0.2, 0.25) is 0 Å². The normalized spacial score (nSPS) is 12.2. The Kier molecular flexibility index (Phi) is 3.00. The number of rotatable bonds is 3. The Morgan fingerprint density at radius 1 is 1.31 bits per heavy atom. The van der Waals surface area contributed by atoms with Crippen LogP contribution < -0.4 is 5.73 Å². The summed E-state index contributed by atoms with van der Waals surface area (Å²) in [6, 6.07) is 6.36.